The second-order valence-electron chi connectivity index (χ2n) is 2.34. The first-order valence-electron chi connectivity index (χ1n) is 3.46. The second-order valence-corrected chi connectivity index (χ2v) is 2.34. The molecule has 0 atom stereocenters. The normalized spacial score (nSPS) is 9.27. The number of ether oxygens (including phenoxy) is 2. The van der Waals surface area contributed by atoms with E-state index >= 15 is 0 Å². The smallest absolute Gasteiger partial charge is 0.144 e. The Bertz CT molecular complexity index is 248. The fourth-order valence-electron chi connectivity index (χ4n) is 0.978. The van der Waals surface area contributed by atoms with Gasteiger partial charge in [0.05, 0.1) is 14.2 Å². The highest BCUT2D eigenvalue weighted by Crippen LogP contribution is 2.12. The van der Waals surface area contributed by atoms with E-state index in [1.807, 2.05) is 26.0 Å². The minimum absolute atomic E-state index is 0.864. The molecule has 0 bridgehead atoms. The summed E-state index contributed by atoms with van der Waals surface area (Å²) < 4.78 is 10.1. The van der Waals surface area contributed by atoms with Crippen molar-refractivity contribution >= 4 is 13.3 Å². The fourth-order valence-corrected chi connectivity index (χ4v) is 0.978. The van der Waals surface area contributed by atoms with Crippen LogP contribution in [-0.2, 0) is 0 Å². The predicted molar refractivity (Wildman–Crippen MR) is 47.7 cm³/mol. The highest BCUT2D eigenvalue weighted by Gasteiger charge is 1.97. The topological polar surface area (TPSA) is 18.5 Å². The van der Waals surface area contributed by atoms with Gasteiger partial charge in [-0.1, -0.05) is 0 Å². The molecular formula is C8H11BO2. The van der Waals surface area contributed by atoms with Crippen LogP contribution in [-0.4, -0.2) is 22.1 Å². The molecule has 0 radical (unpaired) electrons. The Morgan fingerprint density at radius 3 is 2.36 bits per heavy atom. The summed E-state index contributed by atoms with van der Waals surface area (Å²) in [5, 5.41) is 0. The van der Waals surface area contributed by atoms with Gasteiger partial charge in [-0.15, -0.1) is 0 Å². The molecule has 11 heavy (non-hydrogen) atoms. The summed E-state index contributed by atoms with van der Waals surface area (Å²) >= 11 is 0. The number of hydrogen-bond donors (Lipinski definition) is 0. The van der Waals surface area contributed by atoms with E-state index in [2.05, 4.69) is 0 Å². The van der Waals surface area contributed by atoms with Crippen molar-refractivity contribution in [2.75, 3.05) is 14.2 Å². The van der Waals surface area contributed by atoms with Gasteiger partial charge in [0, 0.05) is 0 Å². The first kappa shape index (κ1) is 7.99. The third kappa shape index (κ3) is 1.67. The average molecular weight is 150 g/mol. The van der Waals surface area contributed by atoms with Gasteiger partial charge in [-0.25, -0.2) is 0 Å². The van der Waals surface area contributed by atoms with Gasteiger partial charge in [-0.3, -0.25) is 0 Å². The summed E-state index contributed by atoms with van der Waals surface area (Å²) in [6, 6.07) is 5.72. The molecule has 1 aromatic rings. The maximum absolute atomic E-state index is 5.09. The minimum Gasteiger partial charge on any atom is -0.497 e. The fraction of sp³-hybridized carbons (Fsp3) is 0.250. The van der Waals surface area contributed by atoms with Crippen LogP contribution in [0.15, 0.2) is 18.2 Å². The van der Waals surface area contributed by atoms with E-state index in [-0.39, 0.29) is 0 Å². The highest BCUT2D eigenvalue weighted by atomic mass is 16.5. The molecule has 0 fully saturated rings. The molecule has 1 aromatic carbocycles. The number of benzene rings is 1. The minimum atomic E-state index is 0.864. The summed E-state index contributed by atoms with van der Waals surface area (Å²) in [4.78, 5) is 0. The van der Waals surface area contributed by atoms with Crippen LogP contribution in [0, 0.1) is 0 Å². The molecule has 0 amide bonds. The average Bonchev–Trinajstić information content (AvgIpc) is 2.04. The largest absolute Gasteiger partial charge is 0.497 e. The van der Waals surface area contributed by atoms with Crippen LogP contribution >= 0.6 is 0 Å². The van der Waals surface area contributed by atoms with E-state index in [9.17, 15) is 0 Å². The van der Waals surface area contributed by atoms with Crippen molar-refractivity contribution in [2.45, 2.75) is 0 Å². The first-order chi connectivity index (χ1) is 5.27. The van der Waals surface area contributed by atoms with Crippen LogP contribution in [0.1, 0.15) is 0 Å². The first-order valence-corrected chi connectivity index (χ1v) is 3.46. The molecule has 0 aliphatic rings. The third-order valence-corrected chi connectivity index (χ3v) is 1.60. The third-order valence-electron chi connectivity index (χ3n) is 1.60. The molecule has 3 heteroatoms. The van der Waals surface area contributed by atoms with Gasteiger partial charge in [0.1, 0.15) is 19.3 Å². The van der Waals surface area contributed by atoms with Gasteiger partial charge in [-0.05, 0) is 23.7 Å². The van der Waals surface area contributed by atoms with E-state index < -0.39 is 0 Å². The van der Waals surface area contributed by atoms with Gasteiger partial charge in [0.15, 0.2) is 0 Å². The van der Waals surface area contributed by atoms with E-state index in [1.165, 1.54) is 0 Å². The molecule has 2 nitrogen and oxygen atoms in total. The van der Waals surface area contributed by atoms with Crippen molar-refractivity contribution < 1.29 is 9.47 Å². The molecular weight excluding hydrogens is 139 g/mol. The van der Waals surface area contributed by atoms with Crippen molar-refractivity contribution in [1.82, 2.24) is 0 Å². The summed E-state index contributed by atoms with van der Waals surface area (Å²) in [6.45, 7) is 0. The Balaban J connectivity index is 2.99. The molecule has 0 saturated heterocycles. The van der Waals surface area contributed by atoms with Gasteiger partial charge in [-0.2, -0.15) is 0 Å². The molecule has 0 unspecified atom stereocenters. The SMILES string of the molecule is Bc1cc(OC)ccc1OC. The van der Waals surface area contributed by atoms with Crippen LogP contribution < -0.4 is 14.9 Å². The molecule has 0 heterocycles. The molecule has 0 aliphatic heterocycles. The van der Waals surface area contributed by atoms with Crippen LogP contribution in [0.3, 0.4) is 0 Å². The summed E-state index contributed by atoms with van der Waals surface area (Å²) in [5.41, 5.74) is 1.09. The van der Waals surface area contributed by atoms with Crippen LogP contribution in [0.25, 0.3) is 0 Å². The van der Waals surface area contributed by atoms with Crippen LogP contribution in [0.5, 0.6) is 11.5 Å². The van der Waals surface area contributed by atoms with Gasteiger partial charge in [0.25, 0.3) is 0 Å². The Morgan fingerprint density at radius 2 is 1.91 bits per heavy atom. The van der Waals surface area contributed by atoms with Crippen LogP contribution in [0.2, 0.25) is 0 Å². The molecule has 0 aromatic heterocycles. The Kier molecular flexibility index (Phi) is 2.42. The second kappa shape index (κ2) is 3.33. The standard InChI is InChI=1S/C8H11BO2/c1-10-6-3-4-8(11-2)7(9)5-6/h3-5H,9H2,1-2H3. The molecule has 0 N–H and O–H groups in total. The predicted octanol–water partition coefficient (Wildman–Crippen LogP) is -0.0378. The van der Waals surface area contributed by atoms with Crippen molar-refractivity contribution in [3.05, 3.63) is 18.2 Å². The molecule has 58 valence electrons. The van der Waals surface area contributed by atoms with E-state index in [0.717, 1.165) is 17.0 Å². The zero-order chi connectivity index (χ0) is 8.27. The lowest BCUT2D eigenvalue weighted by Gasteiger charge is -2.05. The lowest BCUT2D eigenvalue weighted by molar-refractivity contribution is 0.406. The number of methoxy groups -OCH3 is 2. The van der Waals surface area contributed by atoms with Crippen LogP contribution in [0.4, 0.5) is 0 Å². The molecule has 0 aliphatic carbocycles. The molecule has 0 spiro atoms. The summed E-state index contributed by atoms with van der Waals surface area (Å²) in [5.74, 6) is 1.76. The zero-order valence-corrected chi connectivity index (χ0v) is 7.05. The molecule has 1 rings (SSSR count). The Morgan fingerprint density at radius 1 is 1.18 bits per heavy atom. The van der Waals surface area contributed by atoms with E-state index in [0.29, 0.717) is 0 Å². The molecule has 0 saturated carbocycles. The van der Waals surface area contributed by atoms with E-state index in [4.69, 9.17) is 9.47 Å². The Labute approximate surface area is 67.5 Å². The van der Waals surface area contributed by atoms with Gasteiger partial charge < -0.3 is 9.47 Å². The summed E-state index contributed by atoms with van der Waals surface area (Å²) in [6.07, 6.45) is 0. The quantitative estimate of drug-likeness (QED) is 0.550. The van der Waals surface area contributed by atoms with Crippen molar-refractivity contribution in [3.8, 4) is 11.5 Å². The number of rotatable bonds is 2. The zero-order valence-electron chi connectivity index (χ0n) is 7.05. The maximum Gasteiger partial charge on any atom is 0.144 e. The lowest BCUT2D eigenvalue weighted by atomic mass is 9.95. The summed E-state index contributed by atoms with van der Waals surface area (Å²) in [7, 11) is 5.30. The highest BCUT2D eigenvalue weighted by molar-refractivity contribution is 6.34. The van der Waals surface area contributed by atoms with Crippen molar-refractivity contribution in [2.24, 2.45) is 0 Å². The van der Waals surface area contributed by atoms with E-state index in [1.54, 1.807) is 14.2 Å². The van der Waals surface area contributed by atoms with Crippen molar-refractivity contribution in [1.29, 1.82) is 0 Å². The maximum atomic E-state index is 5.09. The van der Waals surface area contributed by atoms with Gasteiger partial charge in [0.2, 0.25) is 0 Å². The van der Waals surface area contributed by atoms with Crippen molar-refractivity contribution in [3.63, 3.8) is 0 Å². The number of hydrogen-bond acceptors (Lipinski definition) is 2. The van der Waals surface area contributed by atoms with Gasteiger partial charge >= 0.3 is 0 Å². The lowest BCUT2D eigenvalue weighted by Crippen LogP contribution is -2.06. The monoisotopic (exact) mass is 150 g/mol. The Hall–Kier alpha value is -1.12.